The summed E-state index contributed by atoms with van der Waals surface area (Å²) < 4.78 is 6.53. The fraction of sp³-hybridized carbons (Fsp3) is 0.667. The van der Waals surface area contributed by atoms with Gasteiger partial charge in [0.15, 0.2) is 0 Å². The number of nitrogens with zero attached hydrogens (tertiary/aromatic N) is 2. The Labute approximate surface area is 131 Å². The maximum absolute atomic E-state index is 12.1. The number of ether oxygens (including phenoxy) is 1. The number of hydrogen-bond donors (Lipinski definition) is 2. The number of methoxy groups -OCH3 is 1. The second kappa shape index (κ2) is 7.40. The molecule has 1 atom stereocenters. The molecule has 0 aliphatic heterocycles. The lowest BCUT2D eigenvalue weighted by molar-refractivity contribution is -0.148. The molecule has 1 aromatic rings. The maximum atomic E-state index is 12.1. The quantitative estimate of drug-likeness (QED) is 0.741. The average Bonchev–Trinajstić information content (AvgIpc) is 2.71. The molecule has 0 aliphatic rings. The van der Waals surface area contributed by atoms with Crippen molar-refractivity contribution in [2.45, 2.75) is 46.1 Å². The standard InChI is InChI=1S/C15H26N4O3/c1-7-8-15(4,14(21)22-6)16-9-12(20)17-13-10(2)18-19(5)11(13)3/h16H,7-9H2,1-6H3,(H,17,20)/t15-/m1/s1. The topological polar surface area (TPSA) is 85.3 Å². The summed E-state index contributed by atoms with van der Waals surface area (Å²) in [7, 11) is 3.17. The van der Waals surface area contributed by atoms with Gasteiger partial charge in [0.25, 0.3) is 0 Å². The monoisotopic (exact) mass is 310 g/mol. The minimum Gasteiger partial charge on any atom is -0.468 e. The van der Waals surface area contributed by atoms with Crippen molar-refractivity contribution in [3.63, 3.8) is 0 Å². The normalized spacial score (nSPS) is 13.5. The Morgan fingerprint density at radius 1 is 1.36 bits per heavy atom. The van der Waals surface area contributed by atoms with Crippen LogP contribution in [0.15, 0.2) is 0 Å². The molecule has 1 rings (SSSR count). The minimum absolute atomic E-state index is 0.0272. The SMILES string of the molecule is CCC[C@@](C)(NCC(=O)Nc1c(C)nn(C)c1C)C(=O)OC. The third kappa shape index (κ3) is 4.07. The Bertz CT molecular complexity index is 553. The fourth-order valence-corrected chi connectivity index (χ4v) is 2.40. The number of hydrogen-bond acceptors (Lipinski definition) is 5. The summed E-state index contributed by atoms with van der Waals surface area (Å²) in [4.78, 5) is 24.0. The Morgan fingerprint density at radius 2 is 2.00 bits per heavy atom. The van der Waals surface area contributed by atoms with Crippen LogP contribution in [-0.2, 0) is 21.4 Å². The van der Waals surface area contributed by atoms with E-state index in [1.165, 1.54) is 7.11 Å². The van der Waals surface area contributed by atoms with Gasteiger partial charge in [-0.25, -0.2) is 0 Å². The fourth-order valence-electron chi connectivity index (χ4n) is 2.40. The van der Waals surface area contributed by atoms with E-state index in [2.05, 4.69) is 15.7 Å². The first kappa shape index (κ1) is 18.2. The van der Waals surface area contributed by atoms with Gasteiger partial charge in [-0.05, 0) is 27.2 Å². The lowest BCUT2D eigenvalue weighted by Crippen LogP contribution is -2.52. The smallest absolute Gasteiger partial charge is 0.325 e. The van der Waals surface area contributed by atoms with Crippen molar-refractivity contribution in [3.05, 3.63) is 11.4 Å². The molecule has 0 saturated carbocycles. The number of aromatic nitrogens is 2. The first-order chi connectivity index (χ1) is 10.2. The molecule has 2 N–H and O–H groups in total. The lowest BCUT2D eigenvalue weighted by Gasteiger charge is -2.27. The first-order valence-electron chi connectivity index (χ1n) is 7.38. The molecular weight excluding hydrogens is 284 g/mol. The zero-order valence-electron chi connectivity index (χ0n) is 14.2. The van der Waals surface area contributed by atoms with Crippen LogP contribution in [0, 0.1) is 13.8 Å². The second-order valence-electron chi connectivity index (χ2n) is 5.64. The van der Waals surface area contributed by atoms with Crippen LogP contribution in [0.4, 0.5) is 5.69 Å². The number of carbonyl (C=O) groups excluding carboxylic acids is 2. The van der Waals surface area contributed by atoms with Crippen molar-refractivity contribution < 1.29 is 14.3 Å². The Morgan fingerprint density at radius 3 is 2.45 bits per heavy atom. The van der Waals surface area contributed by atoms with E-state index >= 15 is 0 Å². The highest BCUT2D eigenvalue weighted by Crippen LogP contribution is 2.18. The molecule has 0 radical (unpaired) electrons. The first-order valence-corrected chi connectivity index (χ1v) is 7.38. The van der Waals surface area contributed by atoms with Gasteiger partial charge >= 0.3 is 5.97 Å². The zero-order chi connectivity index (χ0) is 16.9. The Hall–Kier alpha value is -1.89. The highest BCUT2D eigenvalue weighted by molar-refractivity contribution is 5.94. The number of amides is 1. The van der Waals surface area contributed by atoms with Crippen molar-refractivity contribution in [1.82, 2.24) is 15.1 Å². The van der Waals surface area contributed by atoms with Crippen LogP contribution >= 0.6 is 0 Å². The van der Waals surface area contributed by atoms with E-state index in [4.69, 9.17) is 4.74 Å². The predicted molar refractivity (Wildman–Crippen MR) is 84.6 cm³/mol. The second-order valence-corrected chi connectivity index (χ2v) is 5.64. The molecule has 1 aromatic heterocycles. The van der Waals surface area contributed by atoms with E-state index in [0.717, 1.165) is 17.8 Å². The molecule has 0 fully saturated rings. The van der Waals surface area contributed by atoms with Crippen LogP contribution in [0.5, 0.6) is 0 Å². The Balaban J connectivity index is 2.70. The van der Waals surface area contributed by atoms with E-state index in [9.17, 15) is 9.59 Å². The van der Waals surface area contributed by atoms with Crippen molar-refractivity contribution >= 4 is 17.6 Å². The average molecular weight is 310 g/mol. The van der Waals surface area contributed by atoms with Gasteiger partial charge in [0.1, 0.15) is 5.54 Å². The van der Waals surface area contributed by atoms with Gasteiger partial charge in [0.2, 0.25) is 5.91 Å². The molecule has 22 heavy (non-hydrogen) atoms. The number of aryl methyl sites for hydroxylation is 2. The summed E-state index contributed by atoms with van der Waals surface area (Å²) in [5, 5.41) is 10.1. The highest BCUT2D eigenvalue weighted by atomic mass is 16.5. The van der Waals surface area contributed by atoms with Gasteiger partial charge in [-0.2, -0.15) is 5.10 Å². The summed E-state index contributed by atoms with van der Waals surface area (Å²) >= 11 is 0. The third-order valence-electron chi connectivity index (χ3n) is 3.80. The van der Waals surface area contributed by atoms with E-state index in [0.29, 0.717) is 12.1 Å². The molecule has 7 nitrogen and oxygen atoms in total. The van der Waals surface area contributed by atoms with E-state index in [-0.39, 0.29) is 18.4 Å². The summed E-state index contributed by atoms with van der Waals surface area (Å²) in [6.07, 6.45) is 1.40. The summed E-state index contributed by atoms with van der Waals surface area (Å²) in [6.45, 7) is 7.48. The molecule has 0 spiro atoms. The number of rotatable bonds is 7. The number of nitrogens with one attached hydrogen (secondary N) is 2. The van der Waals surface area contributed by atoms with E-state index in [1.54, 1.807) is 11.6 Å². The van der Waals surface area contributed by atoms with Gasteiger partial charge in [-0.1, -0.05) is 13.3 Å². The van der Waals surface area contributed by atoms with E-state index < -0.39 is 5.54 Å². The molecular formula is C15H26N4O3. The summed E-state index contributed by atoms with van der Waals surface area (Å²) in [5.74, 6) is -0.582. The van der Waals surface area contributed by atoms with Crippen LogP contribution in [0.1, 0.15) is 38.1 Å². The van der Waals surface area contributed by atoms with E-state index in [1.807, 2.05) is 27.8 Å². The molecule has 1 amide bonds. The van der Waals surface area contributed by atoms with Crippen LogP contribution in [-0.4, -0.2) is 40.9 Å². The number of esters is 1. The van der Waals surface area contributed by atoms with Crippen molar-refractivity contribution in [2.24, 2.45) is 7.05 Å². The lowest BCUT2D eigenvalue weighted by atomic mass is 9.96. The predicted octanol–water partition coefficient (Wildman–Crippen LogP) is 1.30. The van der Waals surface area contributed by atoms with Crippen LogP contribution in [0.25, 0.3) is 0 Å². The molecule has 0 aromatic carbocycles. The van der Waals surface area contributed by atoms with Crippen LogP contribution in [0.2, 0.25) is 0 Å². The Kier molecular flexibility index (Phi) is 6.11. The van der Waals surface area contributed by atoms with Crippen LogP contribution < -0.4 is 10.6 Å². The molecule has 0 aliphatic carbocycles. The number of anilines is 1. The van der Waals surface area contributed by atoms with Crippen molar-refractivity contribution in [2.75, 3.05) is 19.0 Å². The zero-order valence-corrected chi connectivity index (χ0v) is 14.2. The largest absolute Gasteiger partial charge is 0.468 e. The molecule has 0 bridgehead atoms. The molecule has 7 heteroatoms. The maximum Gasteiger partial charge on any atom is 0.325 e. The highest BCUT2D eigenvalue weighted by Gasteiger charge is 2.33. The van der Waals surface area contributed by atoms with Gasteiger partial charge in [-0.15, -0.1) is 0 Å². The summed E-state index contributed by atoms with van der Waals surface area (Å²) in [5.41, 5.74) is 1.50. The molecule has 0 unspecified atom stereocenters. The van der Waals surface area contributed by atoms with Gasteiger partial charge < -0.3 is 10.1 Å². The van der Waals surface area contributed by atoms with Crippen molar-refractivity contribution in [3.8, 4) is 0 Å². The number of carbonyl (C=O) groups is 2. The molecule has 124 valence electrons. The van der Waals surface area contributed by atoms with Crippen LogP contribution in [0.3, 0.4) is 0 Å². The van der Waals surface area contributed by atoms with Crippen molar-refractivity contribution in [1.29, 1.82) is 0 Å². The summed E-state index contributed by atoms with van der Waals surface area (Å²) in [6, 6.07) is 0. The minimum atomic E-state index is -0.861. The van der Waals surface area contributed by atoms with Gasteiger partial charge in [0.05, 0.1) is 30.7 Å². The molecule has 1 heterocycles. The third-order valence-corrected chi connectivity index (χ3v) is 3.80. The molecule has 0 saturated heterocycles. The van der Waals surface area contributed by atoms with Gasteiger partial charge in [0, 0.05) is 7.05 Å². The van der Waals surface area contributed by atoms with Gasteiger partial charge in [-0.3, -0.25) is 19.6 Å².